The van der Waals surface area contributed by atoms with Crippen LogP contribution in [-0.4, -0.2) is 24.0 Å². The van der Waals surface area contributed by atoms with Crippen LogP contribution < -0.4 is 5.73 Å². The number of nitrogens with two attached hydrogens (primary N) is 1. The van der Waals surface area contributed by atoms with E-state index >= 15 is 0 Å². The van der Waals surface area contributed by atoms with Gasteiger partial charge in [-0.25, -0.2) is 8.78 Å². The van der Waals surface area contributed by atoms with Gasteiger partial charge in [-0.1, -0.05) is 0 Å². The summed E-state index contributed by atoms with van der Waals surface area (Å²) in [4.78, 5) is 10.3. The maximum Gasteiger partial charge on any atom is 0.303 e. The zero-order valence-electron chi connectivity index (χ0n) is 6.47. The van der Waals surface area contributed by atoms with Gasteiger partial charge in [0.25, 0.3) is 5.92 Å². The van der Waals surface area contributed by atoms with Gasteiger partial charge in [0.2, 0.25) is 0 Å². The van der Waals surface area contributed by atoms with Gasteiger partial charge in [0.1, 0.15) is 0 Å². The van der Waals surface area contributed by atoms with Gasteiger partial charge in [-0.3, -0.25) is 4.79 Å². The van der Waals surface area contributed by atoms with Gasteiger partial charge in [0.15, 0.2) is 5.60 Å². The van der Waals surface area contributed by atoms with E-state index < -0.39 is 23.9 Å². The number of ether oxygens (including phenoxy) is 1. The number of halogens is 3. The van der Waals surface area contributed by atoms with Crippen molar-refractivity contribution >= 4 is 18.4 Å². The fourth-order valence-electron chi connectivity index (χ4n) is 0.963. The average molecular weight is 202 g/mol. The Morgan fingerprint density at radius 1 is 1.67 bits per heavy atom. The van der Waals surface area contributed by atoms with Crippen molar-refractivity contribution in [3.8, 4) is 0 Å². The van der Waals surface area contributed by atoms with Gasteiger partial charge in [-0.05, 0) is 0 Å². The maximum atomic E-state index is 12.5. The number of rotatable bonds is 2. The molecule has 12 heavy (non-hydrogen) atoms. The van der Waals surface area contributed by atoms with Crippen LogP contribution in [-0.2, 0) is 9.53 Å². The molecule has 1 fully saturated rings. The summed E-state index contributed by atoms with van der Waals surface area (Å²) in [5.74, 6) is -3.64. The van der Waals surface area contributed by atoms with Crippen LogP contribution in [0.3, 0.4) is 0 Å². The lowest BCUT2D eigenvalue weighted by Crippen LogP contribution is -2.33. The average Bonchev–Trinajstić information content (AvgIpc) is 2.33. The molecule has 3 nitrogen and oxygen atoms in total. The third kappa shape index (κ3) is 1.67. The smallest absolute Gasteiger partial charge is 0.303 e. The van der Waals surface area contributed by atoms with Crippen molar-refractivity contribution < 1.29 is 18.3 Å². The number of hydrogen-bond donors (Lipinski definition) is 1. The quantitative estimate of drug-likeness (QED) is 0.670. The van der Waals surface area contributed by atoms with E-state index in [0.717, 1.165) is 6.92 Å². The highest BCUT2D eigenvalue weighted by Crippen LogP contribution is 2.54. The number of alkyl halides is 2. The molecule has 0 aromatic rings. The highest BCUT2D eigenvalue weighted by molar-refractivity contribution is 5.85. The number of esters is 1. The topological polar surface area (TPSA) is 52.3 Å². The lowest BCUT2D eigenvalue weighted by Gasteiger charge is -2.12. The van der Waals surface area contributed by atoms with Crippen molar-refractivity contribution in [2.45, 2.75) is 24.9 Å². The second kappa shape index (κ2) is 3.14. The largest absolute Gasteiger partial charge is 0.451 e. The summed E-state index contributed by atoms with van der Waals surface area (Å²) >= 11 is 0. The minimum Gasteiger partial charge on any atom is -0.451 e. The maximum absolute atomic E-state index is 12.5. The summed E-state index contributed by atoms with van der Waals surface area (Å²) in [7, 11) is 0. The SMILES string of the molecule is CC(=O)OC1(CN)CC1(F)F.Cl. The Morgan fingerprint density at radius 2 is 2.08 bits per heavy atom. The van der Waals surface area contributed by atoms with E-state index in [1.54, 1.807) is 0 Å². The van der Waals surface area contributed by atoms with E-state index in [4.69, 9.17) is 5.73 Å². The summed E-state index contributed by atoms with van der Waals surface area (Å²) in [6.07, 6.45) is -0.448. The fraction of sp³-hybridized carbons (Fsp3) is 0.833. The second-order valence-electron chi connectivity index (χ2n) is 2.67. The highest BCUT2D eigenvalue weighted by atomic mass is 35.5. The van der Waals surface area contributed by atoms with E-state index in [-0.39, 0.29) is 19.0 Å². The fourth-order valence-corrected chi connectivity index (χ4v) is 0.963. The molecule has 1 rings (SSSR count). The van der Waals surface area contributed by atoms with Crippen molar-refractivity contribution in [1.82, 2.24) is 0 Å². The van der Waals surface area contributed by atoms with Crippen molar-refractivity contribution in [2.75, 3.05) is 6.54 Å². The highest BCUT2D eigenvalue weighted by Gasteiger charge is 2.74. The molecular weight excluding hydrogens is 192 g/mol. The van der Waals surface area contributed by atoms with Crippen molar-refractivity contribution in [1.29, 1.82) is 0 Å². The normalized spacial score (nSPS) is 30.3. The minimum absolute atomic E-state index is 0. The molecule has 2 N–H and O–H groups in total. The van der Waals surface area contributed by atoms with Crippen molar-refractivity contribution in [3.05, 3.63) is 0 Å². The molecule has 0 aliphatic heterocycles. The van der Waals surface area contributed by atoms with Gasteiger partial charge >= 0.3 is 5.97 Å². The van der Waals surface area contributed by atoms with Gasteiger partial charge in [-0.15, -0.1) is 12.4 Å². The van der Waals surface area contributed by atoms with Crippen LogP contribution in [0.4, 0.5) is 8.78 Å². The third-order valence-corrected chi connectivity index (χ3v) is 1.72. The summed E-state index contributed by atoms with van der Waals surface area (Å²) in [5.41, 5.74) is 3.34. The predicted molar refractivity (Wildman–Crippen MR) is 40.4 cm³/mol. The first-order valence-corrected chi connectivity index (χ1v) is 3.21. The molecule has 72 valence electrons. The van der Waals surface area contributed by atoms with Gasteiger partial charge in [0.05, 0.1) is 6.42 Å². The molecule has 6 heteroatoms. The van der Waals surface area contributed by atoms with Crippen molar-refractivity contribution in [3.63, 3.8) is 0 Å². The minimum atomic E-state index is -2.92. The molecule has 0 saturated heterocycles. The Balaban J connectivity index is 0.00000121. The second-order valence-corrected chi connectivity index (χ2v) is 2.67. The van der Waals surface area contributed by atoms with Crippen LogP contribution in [0.5, 0.6) is 0 Å². The molecule has 1 aliphatic carbocycles. The molecule has 0 spiro atoms. The molecule has 1 aliphatic rings. The van der Waals surface area contributed by atoms with E-state index in [2.05, 4.69) is 4.74 Å². The summed E-state index contributed by atoms with van der Waals surface area (Å²) in [6.45, 7) is 0.769. The van der Waals surface area contributed by atoms with E-state index in [1.807, 2.05) is 0 Å². The zero-order valence-corrected chi connectivity index (χ0v) is 7.29. The monoisotopic (exact) mass is 201 g/mol. The molecule has 0 aromatic carbocycles. The number of carbonyl (C=O) groups is 1. The summed E-state index contributed by atoms with van der Waals surface area (Å²) in [6, 6.07) is 0. The Morgan fingerprint density at radius 3 is 2.17 bits per heavy atom. The summed E-state index contributed by atoms with van der Waals surface area (Å²) in [5, 5.41) is 0. The zero-order chi connectivity index (χ0) is 8.70. The molecule has 0 bridgehead atoms. The number of carbonyl (C=O) groups excluding carboxylic acids is 1. The molecule has 0 aromatic heterocycles. The molecule has 0 radical (unpaired) electrons. The van der Waals surface area contributed by atoms with Gasteiger partial charge in [-0.2, -0.15) is 0 Å². The summed E-state index contributed by atoms with van der Waals surface area (Å²) < 4.78 is 29.3. The molecule has 0 heterocycles. The van der Waals surface area contributed by atoms with Crippen LogP contribution in [0.2, 0.25) is 0 Å². The molecule has 1 saturated carbocycles. The lowest BCUT2D eigenvalue weighted by molar-refractivity contribution is -0.154. The van der Waals surface area contributed by atoms with Crippen LogP contribution in [0.1, 0.15) is 13.3 Å². The number of hydrogen-bond acceptors (Lipinski definition) is 3. The van der Waals surface area contributed by atoms with Gasteiger partial charge in [0, 0.05) is 13.5 Å². The van der Waals surface area contributed by atoms with E-state index in [0.29, 0.717) is 0 Å². The van der Waals surface area contributed by atoms with Crippen LogP contribution in [0.15, 0.2) is 0 Å². The lowest BCUT2D eigenvalue weighted by atomic mass is 10.3. The van der Waals surface area contributed by atoms with Crippen LogP contribution >= 0.6 is 12.4 Å². The van der Waals surface area contributed by atoms with E-state index in [9.17, 15) is 13.6 Å². The first-order chi connectivity index (χ1) is 4.93. The van der Waals surface area contributed by atoms with Crippen LogP contribution in [0.25, 0.3) is 0 Å². The van der Waals surface area contributed by atoms with Crippen LogP contribution in [0, 0.1) is 0 Å². The van der Waals surface area contributed by atoms with Gasteiger partial charge < -0.3 is 10.5 Å². The Hall–Kier alpha value is -0.420. The van der Waals surface area contributed by atoms with E-state index in [1.165, 1.54) is 0 Å². The standard InChI is InChI=1S/C6H9F2NO2.ClH/c1-4(10)11-5(3-9)2-6(5,7)8;/h2-3,9H2,1H3;1H. The Bertz CT molecular complexity index is 200. The first-order valence-electron chi connectivity index (χ1n) is 3.21. The molecule has 0 amide bonds. The molecule has 1 atom stereocenters. The Labute approximate surface area is 74.7 Å². The molecular formula is C6H10ClF2NO2. The third-order valence-electron chi connectivity index (χ3n) is 1.72. The molecule has 1 unspecified atom stereocenters. The Kier molecular flexibility index (Phi) is 3.03. The van der Waals surface area contributed by atoms with Crippen molar-refractivity contribution in [2.24, 2.45) is 5.73 Å². The first kappa shape index (κ1) is 11.6. The predicted octanol–water partition coefficient (Wildman–Crippen LogP) is 0.708.